The predicted molar refractivity (Wildman–Crippen MR) is 71.6 cm³/mol. The maximum Gasteiger partial charge on any atom is 0.252 e. The van der Waals surface area contributed by atoms with Gasteiger partial charge in [0, 0.05) is 18.7 Å². The van der Waals surface area contributed by atoms with Gasteiger partial charge in [-0.2, -0.15) is 0 Å². The maximum atomic E-state index is 11.9. The van der Waals surface area contributed by atoms with Crippen LogP contribution in [0.25, 0.3) is 0 Å². The van der Waals surface area contributed by atoms with Crippen molar-refractivity contribution in [3.63, 3.8) is 0 Å². The van der Waals surface area contributed by atoms with Gasteiger partial charge in [0.15, 0.2) is 5.82 Å². The average Bonchev–Trinajstić information content (AvgIpc) is 2.19. The normalized spacial score (nSPS) is 14.2. The molecule has 2 heterocycles. The van der Waals surface area contributed by atoms with Gasteiger partial charge >= 0.3 is 0 Å². The Labute approximate surface area is 115 Å². The summed E-state index contributed by atoms with van der Waals surface area (Å²) in [5, 5.41) is 5.82. The number of amides is 1. The van der Waals surface area contributed by atoms with E-state index >= 15 is 0 Å². The number of nitrogens with zero attached hydrogens (tertiary/aromatic N) is 2. The van der Waals surface area contributed by atoms with Crippen LogP contribution in [0.4, 0.5) is 5.82 Å². The van der Waals surface area contributed by atoms with Gasteiger partial charge in [-0.1, -0.05) is 0 Å². The third-order valence-electron chi connectivity index (χ3n) is 2.48. The summed E-state index contributed by atoms with van der Waals surface area (Å²) in [6.07, 6.45) is 1.54. The number of carbonyl (C=O) groups excluding carboxylic acids is 1. The van der Waals surface area contributed by atoms with Crippen LogP contribution in [0.15, 0.2) is 26.5 Å². The fourth-order valence-electron chi connectivity index (χ4n) is 1.31. The van der Waals surface area contributed by atoms with Gasteiger partial charge in [0.1, 0.15) is 9.21 Å². The number of hydrogen-bond donors (Lipinski definition) is 2. The molecule has 2 rings (SSSR count). The molecule has 0 atom stereocenters. The highest BCUT2D eigenvalue weighted by Gasteiger charge is 2.17. The summed E-state index contributed by atoms with van der Waals surface area (Å²) in [6.45, 7) is 3.38. The molecule has 0 spiro atoms. The van der Waals surface area contributed by atoms with E-state index in [0.717, 1.165) is 24.2 Å². The van der Waals surface area contributed by atoms with Gasteiger partial charge in [0.05, 0.1) is 6.20 Å². The number of rotatable bonds is 2. The number of halogens is 2. The molecule has 1 aliphatic heterocycles. The zero-order valence-electron chi connectivity index (χ0n) is 9.05. The van der Waals surface area contributed by atoms with Crippen LogP contribution in [-0.4, -0.2) is 29.0 Å². The van der Waals surface area contributed by atoms with Crippen LogP contribution < -0.4 is 10.6 Å². The van der Waals surface area contributed by atoms with Crippen molar-refractivity contribution in [2.75, 3.05) is 18.4 Å². The second-order valence-corrected chi connectivity index (χ2v) is 5.18. The Balaban J connectivity index is 2.13. The van der Waals surface area contributed by atoms with E-state index in [1.54, 1.807) is 0 Å². The Hall–Kier alpha value is -0.790. The second-order valence-electron chi connectivity index (χ2n) is 3.62. The van der Waals surface area contributed by atoms with Crippen LogP contribution >= 0.6 is 31.9 Å². The maximum absolute atomic E-state index is 11.9. The van der Waals surface area contributed by atoms with Crippen molar-refractivity contribution < 1.29 is 4.79 Å². The fourth-order valence-corrected chi connectivity index (χ4v) is 2.22. The molecule has 0 saturated carbocycles. The summed E-state index contributed by atoms with van der Waals surface area (Å²) in [4.78, 5) is 20.1. The molecule has 1 amide bonds. The number of hydrogen-bond acceptors (Lipinski definition) is 4. The first kappa shape index (κ1) is 12.7. The van der Waals surface area contributed by atoms with Gasteiger partial charge in [-0.15, -0.1) is 0 Å². The van der Waals surface area contributed by atoms with Crippen LogP contribution in [0, 0.1) is 0 Å². The van der Waals surface area contributed by atoms with E-state index in [1.165, 1.54) is 6.20 Å². The van der Waals surface area contributed by atoms with Crippen LogP contribution in [0.3, 0.4) is 0 Å². The minimum absolute atomic E-state index is 0.140. The summed E-state index contributed by atoms with van der Waals surface area (Å²) in [7, 11) is 0. The standard InChI is InChI=1S/C10H10Br2N4O/c1-5(6-2-13-3-6)10(17)16-9-8(12)15-7(11)4-14-9/h4,13H,2-3H2,1H3,(H,14,16,17). The SMILES string of the molecule is CC(C(=O)Nc1ncc(Br)nc1Br)=C1CNC1. The fraction of sp³-hybridized carbons (Fsp3) is 0.300. The highest BCUT2D eigenvalue weighted by Crippen LogP contribution is 2.20. The lowest BCUT2D eigenvalue weighted by molar-refractivity contribution is -0.112. The summed E-state index contributed by atoms with van der Waals surface area (Å²) < 4.78 is 1.12. The Morgan fingerprint density at radius 3 is 2.71 bits per heavy atom. The molecule has 0 aromatic carbocycles. The molecule has 0 radical (unpaired) electrons. The zero-order chi connectivity index (χ0) is 12.4. The quantitative estimate of drug-likeness (QED) is 0.789. The van der Waals surface area contributed by atoms with Crippen LogP contribution in [0.1, 0.15) is 6.92 Å². The summed E-state index contributed by atoms with van der Waals surface area (Å²) in [5.74, 6) is 0.282. The minimum Gasteiger partial charge on any atom is -0.309 e. The first-order valence-electron chi connectivity index (χ1n) is 4.96. The highest BCUT2D eigenvalue weighted by molar-refractivity contribution is 9.11. The topological polar surface area (TPSA) is 66.9 Å². The molecule has 1 fully saturated rings. The van der Waals surface area contributed by atoms with Crippen molar-refractivity contribution in [1.82, 2.24) is 15.3 Å². The minimum atomic E-state index is -0.140. The van der Waals surface area contributed by atoms with E-state index in [4.69, 9.17) is 0 Å². The van der Waals surface area contributed by atoms with E-state index in [1.807, 2.05) is 6.92 Å². The Bertz CT molecular complexity index is 495. The van der Waals surface area contributed by atoms with Crippen LogP contribution in [-0.2, 0) is 4.79 Å². The molecule has 0 bridgehead atoms. The highest BCUT2D eigenvalue weighted by atomic mass is 79.9. The Morgan fingerprint density at radius 1 is 1.47 bits per heavy atom. The molecule has 17 heavy (non-hydrogen) atoms. The molecule has 90 valence electrons. The van der Waals surface area contributed by atoms with Gasteiger partial charge in [0.2, 0.25) is 0 Å². The van der Waals surface area contributed by atoms with Crippen LogP contribution in [0.5, 0.6) is 0 Å². The molecule has 1 aliphatic rings. The monoisotopic (exact) mass is 360 g/mol. The lowest BCUT2D eigenvalue weighted by Gasteiger charge is -2.21. The van der Waals surface area contributed by atoms with E-state index in [9.17, 15) is 4.79 Å². The summed E-state index contributed by atoms with van der Waals surface area (Å²) in [5.41, 5.74) is 1.86. The lowest BCUT2D eigenvalue weighted by Crippen LogP contribution is -2.36. The largest absolute Gasteiger partial charge is 0.309 e. The lowest BCUT2D eigenvalue weighted by atomic mass is 10.0. The molecule has 0 unspecified atom stereocenters. The predicted octanol–water partition coefficient (Wildman–Crippen LogP) is 1.86. The van der Waals surface area contributed by atoms with E-state index < -0.39 is 0 Å². The van der Waals surface area contributed by atoms with Gasteiger partial charge in [-0.25, -0.2) is 9.97 Å². The molecule has 0 aliphatic carbocycles. The van der Waals surface area contributed by atoms with Crippen molar-refractivity contribution in [3.05, 3.63) is 26.5 Å². The van der Waals surface area contributed by atoms with Gasteiger partial charge < -0.3 is 10.6 Å². The molecule has 1 aromatic heterocycles. The molecule has 2 N–H and O–H groups in total. The number of aromatic nitrogens is 2. The van der Waals surface area contributed by atoms with Crippen molar-refractivity contribution in [2.45, 2.75) is 6.92 Å². The molecular formula is C10H10Br2N4O. The average molecular weight is 362 g/mol. The third kappa shape index (κ3) is 2.91. The van der Waals surface area contributed by atoms with E-state index in [0.29, 0.717) is 15.0 Å². The summed E-state index contributed by atoms with van der Waals surface area (Å²) in [6, 6.07) is 0. The van der Waals surface area contributed by atoms with Gasteiger partial charge in [-0.3, -0.25) is 4.79 Å². The molecule has 1 aromatic rings. The number of anilines is 1. The zero-order valence-corrected chi connectivity index (χ0v) is 12.2. The first-order chi connectivity index (χ1) is 8.08. The summed E-state index contributed by atoms with van der Waals surface area (Å²) >= 11 is 6.45. The van der Waals surface area contributed by atoms with Gasteiger partial charge in [-0.05, 0) is 44.4 Å². The molecule has 7 heteroatoms. The molecule has 5 nitrogen and oxygen atoms in total. The third-order valence-corrected chi connectivity index (χ3v) is 3.42. The van der Waals surface area contributed by atoms with E-state index in [2.05, 4.69) is 52.5 Å². The Morgan fingerprint density at radius 2 is 2.18 bits per heavy atom. The van der Waals surface area contributed by atoms with Crippen LogP contribution in [0.2, 0.25) is 0 Å². The van der Waals surface area contributed by atoms with Crippen molar-refractivity contribution in [1.29, 1.82) is 0 Å². The molecular weight excluding hydrogens is 352 g/mol. The first-order valence-corrected chi connectivity index (χ1v) is 6.55. The number of nitrogens with one attached hydrogen (secondary N) is 2. The second kappa shape index (κ2) is 5.24. The number of carbonyl (C=O) groups is 1. The van der Waals surface area contributed by atoms with Crippen molar-refractivity contribution >= 4 is 43.6 Å². The van der Waals surface area contributed by atoms with Crippen molar-refractivity contribution in [3.8, 4) is 0 Å². The molecule has 1 saturated heterocycles. The smallest absolute Gasteiger partial charge is 0.252 e. The van der Waals surface area contributed by atoms with Gasteiger partial charge in [0.25, 0.3) is 5.91 Å². The van der Waals surface area contributed by atoms with Crippen molar-refractivity contribution in [2.24, 2.45) is 0 Å². The van der Waals surface area contributed by atoms with E-state index in [-0.39, 0.29) is 5.91 Å². The Kier molecular flexibility index (Phi) is 3.90.